The zero-order chi connectivity index (χ0) is 17.1. The van der Waals surface area contributed by atoms with Crippen molar-refractivity contribution < 1.29 is 0 Å². The Bertz CT molecular complexity index is 1430. The quantitative estimate of drug-likeness (QED) is 0.200. The highest BCUT2D eigenvalue weighted by molar-refractivity contribution is 6.21. The summed E-state index contributed by atoms with van der Waals surface area (Å²) in [6, 6.07) is 35.5. The Morgan fingerprint density at radius 2 is 0.692 bits per heavy atom. The third-order valence-corrected chi connectivity index (χ3v) is 5.61. The third-order valence-electron chi connectivity index (χ3n) is 5.61. The number of hydrogen-bond acceptors (Lipinski definition) is 0. The first-order valence-electron chi connectivity index (χ1n) is 9.04. The molecule has 120 valence electrons. The molecule has 0 aromatic heterocycles. The molecule has 0 N–H and O–H groups in total. The van der Waals surface area contributed by atoms with Gasteiger partial charge in [0.2, 0.25) is 0 Å². The van der Waals surface area contributed by atoms with Gasteiger partial charge in [0.25, 0.3) is 0 Å². The van der Waals surface area contributed by atoms with Crippen molar-refractivity contribution in [2.75, 3.05) is 0 Å². The van der Waals surface area contributed by atoms with Gasteiger partial charge in [-0.15, -0.1) is 0 Å². The zero-order valence-corrected chi connectivity index (χ0v) is 14.2. The molecule has 6 aromatic carbocycles. The minimum atomic E-state index is 1.30. The summed E-state index contributed by atoms with van der Waals surface area (Å²) >= 11 is 0. The van der Waals surface area contributed by atoms with Crippen LogP contribution in [0.4, 0.5) is 0 Å². The van der Waals surface area contributed by atoms with Gasteiger partial charge in [-0.05, 0) is 66.0 Å². The van der Waals surface area contributed by atoms with Crippen molar-refractivity contribution in [1.82, 2.24) is 0 Å². The average Bonchev–Trinajstić information content (AvgIpc) is 2.72. The van der Waals surface area contributed by atoms with Gasteiger partial charge in [0.1, 0.15) is 0 Å². The highest BCUT2D eigenvalue weighted by Crippen LogP contribution is 2.35. The second-order valence-corrected chi connectivity index (χ2v) is 7.03. The summed E-state index contributed by atoms with van der Waals surface area (Å²) in [5.74, 6) is 0. The fraction of sp³-hybridized carbons (Fsp3) is 0. The SMILES string of the molecule is c1ccc2c(c1)ccc1cc3c(ccc4c5ccccc5ccc34)cc12. The van der Waals surface area contributed by atoms with Crippen LogP contribution in [0.5, 0.6) is 0 Å². The maximum atomic E-state index is 2.36. The number of rotatable bonds is 0. The summed E-state index contributed by atoms with van der Waals surface area (Å²) in [6.07, 6.45) is 0. The summed E-state index contributed by atoms with van der Waals surface area (Å²) in [4.78, 5) is 0. The highest BCUT2D eigenvalue weighted by atomic mass is 14.1. The van der Waals surface area contributed by atoms with E-state index in [-0.39, 0.29) is 0 Å². The van der Waals surface area contributed by atoms with Gasteiger partial charge in [-0.3, -0.25) is 0 Å². The first-order valence-corrected chi connectivity index (χ1v) is 9.04. The van der Waals surface area contributed by atoms with E-state index in [2.05, 4.69) is 97.1 Å². The van der Waals surface area contributed by atoms with Crippen LogP contribution in [0.1, 0.15) is 0 Å². The largest absolute Gasteiger partial charge is 0.0616 e. The molecule has 0 saturated carbocycles. The molecule has 0 heteroatoms. The van der Waals surface area contributed by atoms with E-state index in [4.69, 9.17) is 0 Å². The summed E-state index contributed by atoms with van der Waals surface area (Å²) in [5.41, 5.74) is 0. The van der Waals surface area contributed by atoms with Crippen LogP contribution in [0.15, 0.2) is 97.1 Å². The van der Waals surface area contributed by atoms with Gasteiger partial charge in [0.15, 0.2) is 0 Å². The molecule has 0 atom stereocenters. The zero-order valence-electron chi connectivity index (χ0n) is 14.2. The molecule has 0 aliphatic heterocycles. The summed E-state index contributed by atoms with van der Waals surface area (Å²) in [5, 5.41) is 13.2. The number of benzene rings is 6. The molecule has 6 aromatic rings. The molecular formula is C26H16. The molecule has 0 nitrogen and oxygen atoms in total. The summed E-state index contributed by atoms with van der Waals surface area (Å²) in [6.45, 7) is 0. The molecule has 0 aliphatic carbocycles. The van der Waals surface area contributed by atoms with Crippen LogP contribution in [-0.2, 0) is 0 Å². The van der Waals surface area contributed by atoms with E-state index in [1.807, 2.05) is 0 Å². The van der Waals surface area contributed by atoms with Gasteiger partial charge in [-0.25, -0.2) is 0 Å². The number of hydrogen-bond donors (Lipinski definition) is 0. The maximum Gasteiger partial charge on any atom is -0.00987 e. The third kappa shape index (κ3) is 1.84. The van der Waals surface area contributed by atoms with E-state index in [9.17, 15) is 0 Å². The molecule has 0 unspecified atom stereocenters. The topological polar surface area (TPSA) is 0 Å². The van der Waals surface area contributed by atoms with E-state index in [0.717, 1.165) is 0 Å². The van der Waals surface area contributed by atoms with Gasteiger partial charge in [0.05, 0.1) is 0 Å². The molecule has 0 spiro atoms. The van der Waals surface area contributed by atoms with Crippen LogP contribution in [0.3, 0.4) is 0 Å². The van der Waals surface area contributed by atoms with E-state index in [1.165, 1.54) is 53.9 Å². The van der Waals surface area contributed by atoms with Gasteiger partial charge < -0.3 is 0 Å². The first-order chi connectivity index (χ1) is 12.9. The van der Waals surface area contributed by atoms with Crippen molar-refractivity contribution in [1.29, 1.82) is 0 Å². The lowest BCUT2D eigenvalue weighted by Gasteiger charge is -2.10. The van der Waals surface area contributed by atoms with Gasteiger partial charge in [-0.1, -0.05) is 84.9 Å². The highest BCUT2D eigenvalue weighted by Gasteiger charge is 2.07. The standard InChI is InChI=1S/C26H16/c1-3-7-21-18(6-1)11-13-24-23(21)14-12-20-15-25-19(16-26(20)24)10-9-17-5-2-4-8-22(17)25/h1-16H. The molecule has 0 fully saturated rings. The Kier molecular flexibility index (Phi) is 2.70. The van der Waals surface area contributed by atoms with Gasteiger partial charge in [-0.2, -0.15) is 0 Å². The fourth-order valence-electron chi connectivity index (χ4n) is 4.33. The van der Waals surface area contributed by atoms with Crippen LogP contribution in [0.2, 0.25) is 0 Å². The van der Waals surface area contributed by atoms with Crippen molar-refractivity contribution in [2.24, 2.45) is 0 Å². The molecule has 0 saturated heterocycles. The molecule has 0 aliphatic rings. The van der Waals surface area contributed by atoms with E-state index in [0.29, 0.717) is 0 Å². The van der Waals surface area contributed by atoms with Crippen molar-refractivity contribution in [3.8, 4) is 0 Å². The molecule has 26 heavy (non-hydrogen) atoms. The second kappa shape index (κ2) is 5.06. The summed E-state index contributed by atoms with van der Waals surface area (Å²) in [7, 11) is 0. The summed E-state index contributed by atoms with van der Waals surface area (Å²) < 4.78 is 0. The van der Waals surface area contributed by atoms with E-state index < -0.39 is 0 Å². The molecule has 0 amide bonds. The first kappa shape index (κ1) is 13.9. The Morgan fingerprint density at radius 1 is 0.269 bits per heavy atom. The maximum absolute atomic E-state index is 2.36. The van der Waals surface area contributed by atoms with Crippen molar-refractivity contribution in [3.63, 3.8) is 0 Å². The van der Waals surface area contributed by atoms with Crippen LogP contribution in [0.25, 0.3) is 53.9 Å². The Morgan fingerprint density at radius 3 is 1.38 bits per heavy atom. The number of fused-ring (bicyclic) bond motifs is 8. The molecular weight excluding hydrogens is 312 g/mol. The lowest BCUT2D eigenvalue weighted by Crippen LogP contribution is -1.83. The van der Waals surface area contributed by atoms with Crippen LogP contribution < -0.4 is 0 Å². The minimum absolute atomic E-state index is 1.30. The van der Waals surface area contributed by atoms with Crippen molar-refractivity contribution in [2.45, 2.75) is 0 Å². The fourth-order valence-corrected chi connectivity index (χ4v) is 4.33. The molecule has 0 radical (unpaired) electrons. The van der Waals surface area contributed by atoms with Crippen LogP contribution in [-0.4, -0.2) is 0 Å². The van der Waals surface area contributed by atoms with Crippen LogP contribution >= 0.6 is 0 Å². The van der Waals surface area contributed by atoms with Gasteiger partial charge >= 0.3 is 0 Å². The molecule has 6 rings (SSSR count). The predicted octanol–water partition coefficient (Wildman–Crippen LogP) is 7.45. The van der Waals surface area contributed by atoms with Gasteiger partial charge in [0, 0.05) is 0 Å². The molecule has 0 heterocycles. The molecule has 0 bridgehead atoms. The average molecular weight is 328 g/mol. The smallest absolute Gasteiger partial charge is 0.00987 e. The Hall–Kier alpha value is -3.38. The van der Waals surface area contributed by atoms with E-state index in [1.54, 1.807) is 0 Å². The second-order valence-electron chi connectivity index (χ2n) is 7.03. The Balaban J connectivity index is 1.81. The lowest BCUT2D eigenvalue weighted by molar-refractivity contribution is 1.78. The van der Waals surface area contributed by atoms with E-state index >= 15 is 0 Å². The monoisotopic (exact) mass is 328 g/mol. The minimum Gasteiger partial charge on any atom is -0.0616 e. The Labute approximate surface area is 151 Å². The lowest BCUT2D eigenvalue weighted by atomic mass is 9.93. The van der Waals surface area contributed by atoms with Crippen molar-refractivity contribution in [3.05, 3.63) is 97.1 Å². The normalized spacial score (nSPS) is 11.8. The van der Waals surface area contributed by atoms with Crippen molar-refractivity contribution >= 4 is 53.9 Å². The predicted molar refractivity (Wildman–Crippen MR) is 114 cm³/mol. The van der Waals surface area contributed by atoms with Crippen LogP contribution in [0, 0.1) is 0 Å².